The zero-order valence-corrected chi connectivity index (χ0v) is 24.1. The fourth-order valence-electron chi connectivity index (χ4n) is 5.05. The minimum atomic E-state index is -4.58. The van der Waals surface area contributed by atoms with E-state index in [2.05, 4.69) is 9.97 Å². The molecule has 14 heteroatoms. The van der Waals surface area contributed by atoms with E-state index in [-0.39, 0.29) is 59.0 Å². The maximum absolute atomic E-state index is 13.4. The Bertz CT molecular complexity index is 1720. The van der Waals surface area contributed by atoms with Crippen LogP contribution in [0.1, 0.15) is 36.1 Å². The number of sulfonamides is 1. The molecule has 0 bridgehead atoms. The van der Waals surface area contributed by atoms with Crippen LogP contribution in [0.5, 0.6) is 0 Å². The highest BCUT2D eigenvalue weighted by molar-refractivity contribution is 7.89. The molecule has 1 aliphatic heterocycles. The van der Waals surface area contributed by atoms with Crippen LogP contribution in [0.15, 0.2) is 83.8 Å². The van der Waals surface area contributed by atoms with Crippen LogP contribution >= 0.6 is 0 Å². The van der Waals surface area contributed by atoms with Gasteiger partial charge >= 0.3 is 12.4 Å². The number of Topliss-reactive ketones (excluding diaryl/α,β-unsaturated/α-hetero) is 1. The fourth-order valence-corrected chi connectivity index (χ4v) is 6.73. The number of carbonyl (C=O) groups is 1. The topological polar surface area (TPSA) is 80.2 Å². The van der Waals surface area contributed by atoms with Gasteiger partial charge in [-0.3, -0.25) is 4.79 Å². The highest BCUT2D eigenvalue weighted by Crippen LogP contribution is 2.33. The number of ketones is 1. The van der Waals surface area contributed by atoms with Crippen LogP contribution in [0.3, 0.4) is 0 Å². The van der Waals surface area contributed by atoms with Crippen LogP contribution < -0.4 is 0 Å². The summed E-state index contributed by atoms with van der Waals surface area (Å²) in [6.45, 7) is 0.0970. The largest absolute Gasteiger partial charge is 0.416 e. The Hall–Kier alpha value is -4.17. The van der Waals surface area contributed by atoms with E-state index in [4.69, 9.17) is 0 Å². The lowest BCUT2D eigenvalue weighted by Gasteiger charge is -2.23. The van der Waals surface area contributed by atoms with E-state index in [1.54, 1.807) is 0 Å². The third-order valence-electron chi connectivity index (χ3n) is 7.38. The number of benzene rings is 3. The summed E-state index contributed by atoms with van der Waals surface area (Å²) < 4.78 is 120. The van der Waals surface area contributed by atoms with Gasteiger partial charge in [0, 0.05) is 29.8 Å². The number of alkyl halides is 6. The molecule has 0 unspecified atom stereocenters. The number of carbonyl (C=O) groups excluding carboxylic acids is 1. The third kappa shape index (κ3) is 7.22. The van der Waals surface area contributed by atoms with E-state index < -0.39 is 51.1 Å². The first-order valence-corrected chi connectivity index (χ1v) is 15.1. The van der Waals surface area contributed by atoms with Crippen LogP contribution in [-0.4, -0.2) is 41.1 Å². The van der Waals surface area contributed by atoms with Crippen LogP contribution in [0.25, 0.3) is 22.6 Å². The first-order chi connectivity index (χ1) is 21.1. The summed E-state index contributed by atoms with van der Waals surface area (Å²) in [6.07, 6.45) is -8.61. The Labute approximate surface area is 253 Å². The predicted octanol–water partition coefficient (Wildman–Crippen LogP) is 7.34. The number of rotatable bonds is 8. The number of hydrogen-bond acceptors (Lipinski definition) is 5. The molecule has 1 fully saturated rings. The average Bonchev–Trinajstić information content (AvgIpc) is 3.51. The maximum atomic E-state index is 13.4. The van der Waals surface area contributed by atoms with E-state index in [1.807, 2.05) is 0 Å². The molecule has 0 amide bonds. The molecule has 0 spiro atoms. The van der Waals surface area contributed by atoms with Gasteiger partial charge in [0.25, 0.3) is 0 Å². The predicted molar refractivity (Wildman–Crippen MR) is 150 cm³/mol. The lowest BCUT2D eigenvalue weighted by Crippen LogP contribution is -2.40. The van der Waals surface area contributed by atoms with Crippen molar-refractivity contribution in [1.82, 2.24) is 14.3 Å². The quantitative estimate of drug-likeness (QED) is 0.186. The lowest BCUT2D eigenvalue weighted by atomic mass is 10.0. The highest BCUT2D eigenvalue weighted by atomic mass is 32.2. The van der Waals surface area contributed by atoms with Gasteiger partial charge in [-0.2, -0.15) is 30.6 Å². The SMILES string of the molecule is O=C(CCc1cc(-c2ccc(C(F)(F)F)cc2)nc(-c2ccc(C(F)(F)F)cc2)n1)[C@@H]1CCCN1S(=O)(=O)c1ccc(F)cc1. The molecule has 0 aliphatic carbocycles. The molecule has 0 radical (unpaired) electrons. The minimum absolute atomic E-state index is 0.00930. The maximum Gasteiger partial charge on any atom is 0.416 e. The van der Waals surface area contributed by atoms with Gasteiger partial charge < -0.3 is 0 Å². The van der Waals surface area contributed by atoms with Crippen molar-refractivity contribution >= 4 is 15.8 Å². The monoisotopic (exact) mass is 651 g/mol. The second-order valence-electron chi connectivity index (χ2n) is 10.4. The van der Waals surface area contributed by atoms with Gasteiger partial charge in [-0.15, -0.1) is 0 Å². The smallest absolute Gasteiger partial charge is 0.298 e. The summed E-state index contributed by atoms with van der Waals surface area (Å²) in [5.41, 5.74) is -0.847. The summed E-state index contributed by atoms with van der Waals surface area (Å²) in [5.74, 6) is -1.02. The van der Waals surface area contributed by atoms with E-state index in [9.17, 15) is 43.9 Å². The molecule has 1 atom stereocenters. The van der Waals surface area contributed by atoms with Crippen LogP contribution in [0.2, 0.25) is 0 Å². The van der Waals surface area contributed by atoms with E-state index in [1.165, 1.54) is 30.3 Å². The van der Waals surface area contributed by atoms with Crippen molar-refractivity contribution in [2.24, 2.45) is 0 Å². The summed E-state index contributed by atoms with van der Waals surface area (Å²) in [6, 6.07) is 12.9. The number of aryl methyl sites for hydroxylation is 1. The Balaban J connectivity index is 1.42. The molecule has 5 rings (SSSR count). The third-order valence-corrected chi connectivity index (χ3v) is 9.30. The van der Waals surface area contributed by atoms with Crippen LogP contribution in [0.4, 0.5) is 30.7 Å². The highest BCUT2D eigenvalue weighted by Gasteiger charge is 2.39. The van der Waals surface area contributed by atoms with Crippen molar-refractivity contribution < 1.29 is 43.9 Å². The van der Waals surface area contributed by atoms with Crippen molar-refractivity contribution in [1.29, 1.82) is 0 Å². The molecule has 1 aliphatic rings. The molecule has 4 aromatic rings. The number of aromatic nitrogens is 2. The second kappa shape index (κ2) is 12.3. The van der Waals surface area contributed by atoms with Crippen molar-refractivity contribution in [3.63, 3.8) is 0 Å². The van der Waals surface area contributed by atoms with E-state index in [0.717, 1.165) is 52.8 Å². The number of halogens is 7. The molecule has 45 heavy (non-hydrogen) atoms. The fraction of sp³-hybridized carbons (Fsp3) is 0.258. The standard InChI is InChI=1S/C31H24F7N3O3S/c32-23-11-14-25(15-12-23)45(43,44)41-17-1-2-27(41)28(42)16-13-24-18-26(19-3-7-21(8-4-19)30(33,34)35)40-29(39-24)20-5-9-22(10-6-20)31(36,37)38/h3-12,14-15,18,27H,1-2,13,16-17H2/t27-/m0/s1. The van der Waals surface area contributed by atoms with Crippen molar-refractivity contribution in [3.8, 4) is 22.6 Å². The van der Waals surface area contributed by atoms with Crippen molar-refractivity contribution in [2.45, 2.75) is 49.0 Å². The Morgan fingerprint density at radius 1 is 0.800 bits per heavy atom. The molecule has 6 nitrogen and oxygen atoms in total. The molecule has 0 saturated carbocycles. The molecule has 1 aromatic heterocycles. The molecular weight excluding hydrogens is 627 g/mol. The van der Waals surface area contributed by atoms with E-state index >= 15 is 0 Å². The summed E-state index contributed by atoms with van der Waals surface area (Å²) in [5, 5.41) is 0. The molecule has 3 aromatic carbocycles. The van der Waals surface area contributed by atoms with Gasteiger partial charge in [0.15, 0.2) is 11.6 Å². The van der Waals surface area contributed by atoms with Gasteiger partial charge in [0.1, 0.15) is 5.82 Å². The molecule has 0 N–H and O–H groups in total. The summed E-state index contributed by atoms with van der Waals surface area (Å²) in [4.78, 5) is 21.9. The van der Waals surface area contributed by atoms with Gasteiger partial charge in [0.2, 0.25) is 10.0 Å². The van der Waals surface area contributed by atoms with Crippen molar-refractivity contribution in [2.75, 3.05) is 6.54 Å². The molecule has 1 saturated heterocycles. The normalized spacial score (nSPS) is 16.2. The molecule has 236 valence electrons. The van der Waals surface area contributed by atoms with Crippen molar-refractivity contribution in [3.05, 3.63) is 102 Å². The van der Waals surface area contributed by atoms with E-state index in [0.29, 0.717) is 6.42 Å². The molecular formula is C31H24F7N3O3S. The minimum Gasteiger partial charge on any atom is -0.298 e. The van der Waals surface area contributed by atoms with Gasteiger partial charge in [-0.25, -0.2) is 22.8 Å². The van der Waals surface area contributed by atoms with Gasteiger partial charge in [0.05, 0.1) is 27.8 Å². The van der Waals surface area contributed by atoms with Crippen LogP contribution in [0, 0.1) is 5.82 Å². The first kappa shape index (κ1) is 32.2. The zero-order chi connectivity index (χ0) is 32.6. The second-order valence-corrected chi connectivity index (χ2v) is 12.3. The summed E-state index contributed by atoms with van der Waals surface area (Å²) >= 11 is 0. The van der Waals surface area contributed by atoms with Gasteiger partial charge in [-0.1, -0.05) is 24.3 Å². The van der Waals surface area contributed by atoms with Gasteiger partial charge in [-0.05, 0) is 73.9 Å². The zero-order valence-electron chi connectivity index (χ0n) is 23.2. The first-order valence-electron chi connectivity index (χ1n) is 13.7. The average molecular weight is 652 g/mol. The Morgan fingerprint density at radius 2 is 1.36 bits per heavy atom. The number of hydrogen-bond donors (Lipinski definition) is 0. The molecule has 2 heterocycles. The Kier molecular flexibility index (Phi) is 8.82. The summed E-state index contributed by atoms with van der Waals surface area (Å²) in [7, 11) is -4.09. The number of nitrogens with zero attached hydrogens (tertiary/aromatic N) is 3. The lowest BCUT2D eigenvalue weighted by molar-refractivity contribution is -0.138. The van der Waals surface area contributed by atoms with Crippen LogP contribution in [-0.2, 0) is 33.6 Å². The Morgan fingerprint density at radius 3 is 1.91 bits per heavy atom.